The second kappa shape index (κ2) is 7.82. The molecule has 0 aliphatic carbocycles. The first-order valence-corrected chi connectivity index (χ1v) is 7.47. The van der Waals surface area contributed by atoms with Gasteiger partial charge in [0.25, 0.3) is 5.91 Å². The zero-order valence-corrected chi connectivity index (χ0v) is 14.1. The lowest BCUT2D eigenvalue weighted by Crippen LogP contribution is -2.42. The largest absolute Gasteiger partial charge is 0.376 e. The lowest BCUT2D eigenvalue weighted by atomic mass is 10.0. The van der Waals surface area contributed by atoms with E-state index in [9.17, 15) is 14.4 Å². The van der Waals surface area contributed by atoms with E-state index in [4.69, 9.17) is 17.3 Å². The number of imide groups is 1. The molecule has 0 bridgehead atoms. The number of amides is 4. The van der Waals surface area contributed by atoms with Gasteiger partial charge in [0.15, 0.2) is 0 Å². The molecule has 1 aromatic carbocycles. The zero-order valence-electron chi connectivity index (χ0n) is 13.3. The quantitative estimate of drug-likeness (QED) is 0.633. The van der Waals surface area contributed by atoms with Gasteiger partial charge in [-0.3, -0.25) is 14.9 Å². The summed E-state index contributed by atoms with van der Waals surface area (Å²) >= 11 is 6.12. The summed E-state index contributed by atoms with van der Waals surface area (Å²) in [7, 11) is 0. The Morgan fingerprint density at radius 2 is 1.91 bits per heavy atom. The second-order valence-electron chi connectivity index (χ2n) is 5.65. The maximum Gasteiger partial charge on any atom is 0.318 e. The molecule has 5 N–H and O–H groups in total. The third kappa shape index (κ3) is 6.15. The van der Waals surface area contributed by atoms with Gasteiger partial charge in [-0.2, -0.15) is 0 Å². The number of benzene rings is 1. The van der Waals surface area contributed by atoms with Crippen LogP contribution < -0.4 is 21.7 Å². The van der Waals surface area contributed by atoms with Crippen LogP contribution in [-0.4, -0.2) is 29.9 Å². The highest BCUT2D eigenvalue weighted by Gasteiger charge is 2.20. The molecule has 0 saturated carbocycles. The van der Waals surface area contributed by atoms with Crippen LogP contribution in [0.4, 0.5) is 10.5 Å². The first kappa shape index (κ1) is 18.8. The van der Waals surface area contributed by atoms with Gasteiger partial charge in [0.1, 0.15) is 0 Å². The summed E-state index contributed by atoms with van der Waals surface area (Å²) in [6, 6.07) is 3.81. The number of nitrogens with two attached hydrogens (primary N) is 1. The third-order valence-corrected chi connectivity index (χ3v) is 3.58. The van der Waals surface area contributed by atoms with Gasteiger partial charge >= 0.3 is 6.03 Å². The van der Waals surface area contributed by atoms with E-state index >= 15 is 0 Å². The minimum absolute atomic E-state index is 0.145. The van der Waals surface area contributed by atoms with Crippen LogP contribution in [0.25, 0.3) is 0 Å². The summed E-state index contributed by atoms with van der Waals surface area (Å²) in [5.74, 6) is -0.833. The number of carbonyl (C=O) groups is 3. The van der Waals surface area contributed by atoms with Crippen molar-refractivity contribution in [3.05, 3.63) is 28.8 Å². The van der Waals surface area contributed by atoms with Crippen LogP contribution in [0.2, 0.25) is 5.02 Å². The fourth-order valence-electron chi connectivity index (χ4n) is 1.64. The van der Waals surface area contributed by atoms with Gasteiger partial charge in [0, 0.05) is 11.2 Å². The molecular weight excluding hydrogens is 320 g/mol. The summed E-state index contributed by atoms with van der Waals surface area (Å²) in [5.41, 5.74) is 5.40. The molecule has 7 nitrogen and oxygen atoms in total. The molecule has 126 valence electrons. The third-order valence-electron chi connectivity index (χ3n) is 3.27. The second-order valence-corrected chi connectivity index (χ2v) is 6.06. The Balaban J connectivity index is 2.73. The van der Waals surface area contributed by atoms with Crippen LogP contribution in [0.1, 0.15) is 37.6 Å². The van der Waals surface area contributed by atoms with Crippen molar-refractivity contribution in [1.29, 1.82) is 0 Å². The van der Waals surface area contributed by atoms with Crippen molar-refractivity contribution in [2.24, 2.45) is 5.73 Å². The predicted molar refractivity (Wildman–Crippen MR) is 89.5 cm³/mol. The summed E-state index contributed by atoms with van der Waals surface area (Å²) in [4.78, 5) is 34.0. The fourth-order valence-corrected chi connectivity index (χ4v) is 1.90. The van der Waals surface area contributed by atoms with Gasteiger partial charge in [-0.1, -0.05) is 18.5 Å². The number of nitrogens with one attached hydrogen (secondary N) is 3. The number of hydrogen-bond acceptors (Lipinski definition) is 4. The van der Waals surface area contributed by atoms with Gasteiger partial charge in [-0.05, 0) is 38.5 Å². The molecular formula is C15H21ClN4O3. The zero-order chi connectivity index (χ0) is 17.6. The number of urea groups is 1. The number of hydrogen-bond donors (Lipinski definition) is 4. The predicted octanol–water partition coefficient (Wildman–Crippen LogP) is 1.87. The molecule has 0 radical (unpaired) electrons. The molecule has 1 rings (SSSR count). The minimum atomic E-state index is -0.916. The average Bonchev–Trinajstić information content (AvgIpc) is 2.44. The van der Waals surface area contributed by atoms with E-state index in [2.05, 4.69) is 10.6 Å². The van der Waals surface area contributed by atoms with Gasteiger partial charge in [0.2, 0.25) is 5.91 Å². The Morgan fingerprint density at radius 1 is 1.26 bits per heavy atom. The van der Waals surface area contributed by atoms with Gasteiger partial charge < -0.3 is 16.4 Å². The van der Waals surface area contributed by atoms with Crippen molar-refractivity contribution in [3.63, 3.8) is 0 Å². The molecule has 0 fully saturated rings. The summed E-state index contributed by atoms with van der Waals surface area (Å²) in [5, 5.41) is 7.86. The topological polar surface area (TPSA) is 113 Å². The van der Waals surface area contributed by atoms with Crippen molar-refractivity contribution in [3.8, 4) is 0 Å². The Morgan fingerprint density at radius 3 is 2.43 bits per heavy atom. The van der Waals surface area contributed by atoms with Crippen LogP contribution in [0.5, 0.6) is 0 Å². The highest BCUT2D eigenvalue weighted by atomic mass is 35.5. The van der Waals surface area contributed by atoms with Crippen molar-refractivity contribution in [1.82, 2.24) is 10.6 Å². The molecule has 8 heteroatoms. The number of carbonyl (C=O) groups excluding carboxylic acids is 3. The molecule has 0 aliphatic heterocycles. The van der Waals surface area contributed by atoms with Crippen molar-refractivity contribution < 1.29 is 14.4 Å². The van der Waals surface area contributed by atoms with Crippen LogP contribution in [0.15, 0.2) is 18.2 Å². The number of halogens is 1. The van der Waals surface area contributed by atoms with E-state index in [0.29, 0.717) is 11.3 Å². The van der Waals surface area contributed by atoms with Crippen LogP contribution in [0.3, 0.4) is 0 Å². The van der Waals surface area contributed by atoms with Crippen LogP contribution in [-0.2, 0) is 4.79 Å². The molecule has 0 aromatic heterocycles. The average molecular weight is 341 g/mol. The van der Waals surface area contributed by atoms with Gasteiger partial charge in [0.05, 0.1) is 17.1 Å². The number of anilines is 1. The van der Waals surface area contributed by atoms with Gasteiger partial charge in [-0.25, -0.2) is 4.79 Å². The molecule has 0 spiro atoms. The van der Waals surface area contributed by atoms with Gasteiger partial charge in [-0.15, -0.1) is 0 Å². The van der Waals surface area contributed by atoms with Crippen molar-refractivity contribution in [2.75, 3.05) is 11.9 Å². The molecule has 0 saturated heterocycles. The van der Waals surface area contributed by atoms with Crippen LogP contribution >= 0.6 is 11.6 Å². The Labute approximate surface area is 139 Å². The lowest BCUT2D eigenvalue weighted by Gasteiger charge is -2.24. The first-order chi connectivity index (χ1) is 10.6. The van der Waals surface area contributed by atoms with E-state index in [1.807, 2.05) is 26.1 Å². The molecule has 4 amide bonds. The Hall–Kier alpha value is -2.28. The summed E-state index contributed by atoms with van der Waals surface area (Å²) in [6.07, 6.45) is 0.783. The van der Waals surface area contributed by atoms with Crippen molar-refractivity contribution in [2.45, 2.75) is 32.7 Å². The van der Waals surface area contributed by atoms with E-state index in [1.54, 1.807) is 12.1 Å². The Bertz CT molecular complexity index is 617. The van der Waals surface area contributed by atoms with E-state index in [1.165, 1.54) is 6.07 Å². The van der Waals surface area contributed by atoms with E-state index in [0.717, 1.165) is 6.42 Å². The number of primary amides is 1. The summed E-state index contributed by atoms with van der Waals surface area (Å²) in [6.45, 7) is 5.68. The molecule has 0 heterocycles. The maximum absolute atomic E-state index is 12.2. The first-order valence-electron chi connectivity index (χ1n) is 7.10. The smallest absolute Gasteiger partial charge is 0.318 e. The van der Waals surface area contributed by atoms with Crippen molar-refractivity contribution >= 4 is 35.1 Å². The van der Waals surface area contributed by atoms with E-state index < -0.39 is 11.9 Å². The molecule has 0 aliphatic rings. The molecule has 0 unspecified atom stereocenters. The minimum Gasteiger partial charge on any atom is -0.376 e. The Kier molecular flexibility index (Phi) is 6.38. The highest BCUT2D eigenvalue weighted by Crippen LogP contribution is 2.22. The summed E-state index contributed by atoms with van der Waals surface area (Å²) < 4.78 is 0. The monoisotopic (exact) mass is 340 g/mol. The standard InChI is InChI=1S/C15H21ClN4O3/c1-4-15(2,3)20-13(22)10-6-5-9(7-11(10)16)18-8-12(21)19-14(17)23/h5-7,18H,4,8H2,1-3H3,(H,20,22)(H3,17,19,21,23). The molecule has 1 aromatic rings. The maximum atomic E-state index is 12.2. The lowest BCUT2D eigenvalue weighted by molar-refractivity contribution is -0.118. The molecule has 23 heavy (non-hydrogen) atoms. The molecule has 0 atom stereocenters. The highest BCUT2D eigenvalue weighted by molar-refractivity contribution is 6.34. The fraction of sp³-hybridized carbons (Fsp3) is 0.400. The normalized spacial score (nSPS) is 10.8. The van der Waals surface area contributed by atoms with Crippen LogP contribution in [0, 0.1) is 0 Å². The number of rotatable bonds is 6. The SMILES string of the molecule is CCC(C)(C)NC(=O)c1ccc(NCC(=O)NC(N)=O)cc1Cl. The van der Waals surface area contributed by atoms with E-state index in [-0.39, 0.29) is 23.0 Å².